The molecule has 0 unspecified atom stereocenters. The van der Waals surface area contributed by atoms with Crippen molar-refractivity contribution in [3.63, 3.8) is 0 Å². The second kappa shape index (κ2) is 7.59. The zero-order valence-corrected chi connectivity index (χ0v) is 17.4. The lowest BCUT2D eigenvalue weighted by Crippen LogP contribution is -2.41. The molecular weight excluding hydrogens is 350 g/mol. The largest absolute Gasteiger partial charge is 0.337 e. The molecule has 0 N–H and O–H groups in total. The fourth-order valence-corrected chi connectivity index (χ4v) is 4.93. The molecule has 4 rings (SSSR count). The molecule has 2 amide bonds. The maximum Gasteiger partial charge on any atom is 0.320 e. The van der Waals surface area contributed by atoms with E-state index in [0.717, 1.165) is 38.4 Å². The van der Waals surface area contributed by atoms with Gasteiger partial charge in [-0.05, 0) is 30.9 Å². The number of aryl methyl sites for hydroxylation is 2. The Morgan fingerprint density at radius 1 is 1.21 bits per heavy atom. The van der Waals surface area contributed by atoms with Gasteiger partial charge in [0.05, 0.1) is 18.1 Å². The molecule has 0 radical (unpaired) electrons. The number of aromatic nitrogens is 2. The molecule has 3 atom stereocenters. The van der Waals surface area contributed by atoms with Gasteiger partial charge in [-0.3, -0.25) is 4.90 Å². The molecule has 0 spiro atoms. The Morgan fingerprint density at radius 2 is 2.00 bits per heavy atom. The van der Waals surface area contributed by atoms with Crippen LogP contribution >= 0.6 is 0 Å². The molecule has 3 heterocycles. The molecule has 1 aromatic carbocycles. The normalized spacial score (nSPS) is 24.6. The number of benzene rings is 1. The highest BCUT2D eigenvalue weighted by Gasteiger charge is 2.49. The highest BCUT2D eigenvalue weighted by Crippen LogP contribution is 2.46. The van der Waals surface area contributed by atoms with Gasteiger partial charge in [-0.2, -0.15) is 0 Å². The van der Waals surface area contributed by atoms with Gasteiger partial charge in [0.15, 0.2) is 0 Å². The summed E-state index contributed by atoms with van der Waals surface area (Å²) in [6.07, 6.45) is 4.06. The first-order valence-electron chi connectivity index (χ1n) is 10.2. The highest BCUT2D eigenvalue weighted by molar-refractivity contribution is 5.75. The molecule has 2 aliphatic heterocycles. The van der Waals surface area contributed by atoms with Crippen molar-refractivity contribution in [3.05, 3.63) is 53.6 Å². The van der Waals surface area contributed by atoms with Crippen molar-refractivity contribution >= 4 is 6.03 Å². The monoisotopic (exact) mass is 381 g/mol. The first-order valence-corrected chi connectivity index (χ1v) is 10.2. The van der Waals surface area contributed by atoms with Gasteiger partial charge in [0.1, 0.15) is 0 Å². The molecule has 0 aliphatic carbocycles. The third kappa shape index (κ3) is 3.41. The summed E-state index contributed by atoms with van der Waals surface area (Å²) in [6, 6.07) is 8.80. The number of hydrogen-bond donors (Lipinski definition) is 0. The maximum atomic E-state index is 12.9. The number of carbonyl (C=O) groups is 1. The van der Waals surface area contributed by atoms with Crippen molar-refractivity contribution < 1.29 is 4.79 Å². The number of rotatable bonds is 4. The van der Waals surface area contributed by atoms with Crippen LogP contribution in [0.3, 0.4) is 0 Å². The zero-order chi connectivity index (χ0) is 19.8. The van der Waals surface area contributed by atoms with Gasteiger partial charge in [0.2, 0.25) is 0 Å². The van der Waals surface area contributed by atoms with Gasteiger partial charge < -0.3 is 14.4 Å². The average Bonchev–Trinajstić information content (AvgIpc) is 3.36. The Balaban J connectivity index is 1.56. The maximum absolute atomic E-state index is 12.9. The van der Waals surface area contributed by atoms with Crippen LogP contribution in [0.1, 0.15) is 29.8 Å². The molecule has 28 heavy (non-hydrogen) atoms. The van der Waals surface area contributed by atoms with Crippen molar-refractivity contribution in [1.82, 2.24) is 24.3 Å². The fraction of sp³-hybridized carbons (Fsp3) is 0.545. The van der Waals surface area contributed by atoms with Crippen molar-refractivity contribution in [3.8, 4) is 0 Å². The molecule has 6 heteroatoms. The summed E-state index contributed by atoms with van der Waals surface area (Å²) in [7, 11) is 3.70. The predicted molar refractivity (Wildman–Crippen MR) is 110 cm³/mol. The van der Waals surface area contributed by atoms with Gasteiger partial charge in [-0.25, -0.2) is 9.78 Å². The van der Waals surface area contributed by atoms with Crippen LogP contribution in [0, 0.1) is 18.8 Å². The van der Waals surface area contributed by atoms with E-state index in [1.54, 1.807) is 4.90 Å². The van der Waals surface area contributed by atoms with Crippen LogP contribution in [0.15, 0.2) is 36.8 Å². The fourth-order valence-electron chi connectivity index (χ4n) is 4.93. The molecule has 2 saturated heterocycles. The van der Waals surface area contributed by atoms with Crippen LogP contribution in [0.2, 0.25) is 0 Å². The van der Waals surface area contributed by atoms with E-state index >= 15 is 0 Å². The van der Waals surface area contributed by atoms with E-state index in [1.165, 1.54) is 11.1 Å². The predicted octanol–water partition coefficient (Wildman–Crippen LogP) is 3.00. The van der Waals surface area contributed by atoms with E-state index < -0.39 is 0 Å². The lowest BCUT2D eigenvalue weighted by molar-refractivity contribution is 0.151. The van der Waals surface area contributed by atoms with Crippen LogP contribution in [0.25, 0.3) is 0 Å². The van der Waals surface area contributed by atoms with Crippen molar-refractivity contribution in [2.75, 3.05) is 33.7 Å². The van der Waals surface area contributed by atoms with Gasteiger partial charge in [0.25, 0.3) is 0 Å². The molecule has 1 aromatic heterocycles. The molecule has 2 aliphatic rings. The van der Waals surface area contributed by atoms with Crippen LogP contribution in [0.5, 0.6) is 0 Å². The lowest BCUT2D eigenvalue weighted by Gasteiger charge is -2.32. The third-order valence-corrected chi connectivity index (χ3v) is 6.31. The molecule has 2 aromatic rings. The quantitative estimate of drug-likeness (QED) is 0.818. The Kier molecular flexibility index (Phi) is 5.15. The minimum absolute atomic E-state index is 0.121. The molecule has 2 fully saturated rings. The minimum Gasteiger partial charge on any atom is -0.337 e. The van der Waals surface area contributed by atoms with Crippen molar-refractivity contribution in [2.45, 2.75) is 33.0 Å². The minimum atomic E-state index is 0.121. The molecule has 6 nitrogen and oxygen atoms in total. The van der Waals surface area contributed by atoms with Crippen LogP contribution < -0.4 is 0 Å². The van der Waals surface area contributed by atoms with Gasteiger partial charge in [-0.1, -0.05) is 24.3 Å². The molecular formula is C22H31N5O. The average molecular weight is 382 g/mol. The number of likely N-dealkylation sites (tertiary alicyclic amines) is 2. The number of carbonyl (C=O) groups excluding carboxylic acids is 1. The number of amides is 2. The summed E-state index contributed by atoms with van der Waals surface area (Å²) in [5, 5.41) is 0. The topological polar surface area (TPSA) is 44.6 Å². The lowest BCUT2D eigenvalue weighted by atomic mass is 9.88. The second-order valence-corrected chi connectivity index (χ2v) is 8.44. The number of imidazole rings is 1. The summed E-state index contributed by atoms with van der Waals surface area (Å²) in [4.78, 5) is 23.8. The third-order valence-electron chi connectivity index (χ3n) is 6.31. The summed E-state index contributed by atoms with van der Waals surface area (Å²) in [6.45, 7) is 9.01. The summed E-state index contributed by atoms with van der Waals surface area (Å²) >= 11 is 0. The molecule has 150 valence electrons. The van der Waals surface area contributed by atoms with Gasteiger partial charge in [0, 0.05) is 58.9 Å². The summed E-state index contributed by atoms with van der Waals surface area (Å²) in [5.74, 6) is 0.986. The van der Waals surface area contributed by atoms with E-state index in [1.807, 2.05) is 20.4 Å². The van der Waals surface area contributed by atoms with Gasteiger partial charge >= 0.3 is 6.03 Å². The SMILES string of the molecule is CCn1cnc(CN2C[C@@H]3CN(C(=O)N(C)C)[C@@H](c4ccccc4C)[C@@H]3C2)c1. The Bertz CT molecular complexity index is 845. The van der Waals surface area contributed by atoms with Gasteiger partial charge in [-0.15, -0.1) is 0 Å². The van der Waals surface area contributed by atoms with E-state index in [9.17, 15) is 4.79 Å². The Morgan fingerprint density at radius 3 is 2.68 bits per heavy atom. The first-order chi connectivity index (χ1) is 13.5. The van der Waals surface area contributed by atoms with Crippen LogP contribution in [0.4, 0.5) is 4.79 Å². The van der Waals surface area contributed by atoms with Crippen molar-refractivity contribution in [1.29, 1.82) is 0 Å². The zero-order valence-electron chi connectivity index (χ0n) is 17.4. The number of fused-ring (bicyclic) bond motifs is 1. The Labute approximate surface area is 167 Å². The van der Waals surface area contributed by atoms with Crippen LogP contribution in [-0.4, -0.2) is 64.0 Å². The standard InChI is InChI=1S/C22H31N5O/c1-5-25-12-18(23-15-25)13-26-10-17-11-27(22(28)24(3)4)21(20(17)14-26)19-9-7-6-8-16(19)2/h6-9,12,15,17,20-21H,5,10-11,13-14H2,1-4H3/t17-,20-,21+/m1/s1. The van der Waals surface area contributed by atoms with E-state index in [2.05, 4.69) is 63.7 Å². The summed E-state index contributed by atoms with van der Waals surface area (Å²) < 4.78 is 2.12. The van der Waals surface area contributed by atoms with E-state index in [0.29, 0.717) is 11.8 Å². The smallest absolute Gasteiger partial charge is 0.320 e. The highest BCUT2D eigenvalue weighted by atomic mass is 16.2. The van der Waals surface area contributed by atoms with E-state index in [4.69, 9.17) is 0 Å². The van der Waals surface area contributed by atoms with Crippen LogP contribution in [-0.2, 0) is 13.1 Å². The first kappa shape index (κ1) is 19.0. The molecule has 0 saturated carbocycles. The van der Waals surface area contributed by atoms with Crippen molar-refractivity contribution in [2.24, 2.45) is 11.8 Å². The number of urea groups is 1. The number of nitrogens with zero attached hydrogens (tertiary/aromatic N) is 5. The second-order valence-electron chi connectivity index (χ2n) is 8.44. The van der Waals surface area contributed by atoms with E-state index in [-0.39, 0.29) is 12.1 Å². The summed E-state index contributed by atoms with van der Waals surface area (Å²) in [5.41, 5.74) is 3.70. The number of hydrogen-bond acceptors (Lipinski definition) is 3. The molecule has 0 bridgehead atoms. The Hall–Kier alpha value is -2.34.